The summed E-state index contributed by atoms with van der Waals surface area (Å²) in [6.45, 7) is 2.53. The van der Waals surface area contributed by atoms with Gasteiger partial charge in [-0.25, -0.2) is 4.79 Å². The second kappa shape index (κ2) is 8.14. The third-order valence-electron chi connectivity index (χ3n) is 2.65. The molecule has 0 bridgehead atoms. The van der Waals surface area contributed by atoms with Crippen LogP contribution in [0.1, 0.15) is 12.5 Å². The number of thioether (sulfide) groups is 1. The Morgan fingerprint density at radius 3 is 2.74 bits per heavy atom. The van der Waals surface area contributed by atoms with Gasteiger partial charge in [0.2, 0.25) is 0 Å². The van der Waals surface area contributed by atoms with Crippen molar-refractivity contribution in [1.29, 1.82) is 0 Å². The maximum atomic E-state index is 11.6. The highest BCUT2D eigenvalue weighted by atomic mass is 32.2. The zero-order valence-electron chi connectivity index (χ0n) is 12.6. The van der Waals surface area contributed by atoms with Crippen LogP contribution in [-0.4, -0.2) is 37.0 Å². The summed E-state index contributed by atoms with van der Waals surface area (Å²) in [5.74, 6) is -0.218. The first-order chi connectivity index (χ1) is 11.1. The van der Waals surface area contributed by atoms with E-state index in [0.29, 0.717) is 11.8 Å². The number of amidine groups is 1. The Morgan fingerprint density at radius 2 is 2.09 bits per heavy atom. The maximum Gasteiger partial charge on any atom is 0.331 e. The van der Waals surface area contributed by atoms with E-state index >= 15 is 0 Å². The third-order valence-corrected chi connectivity index (χ3v) is 3.55. The van der Waals surface area contributed by atoms with Gasteiger partial charge in [0, 0.05) is 6.08 Å². The Morgan fingerprint density at radius 1 is 1.35 bits per heavy atom. The molecule has 1 N–H and O–H groups in total. The number of ether oxygens (including phenoxy) is 2. The lowest BCUT2D eigenvalue weighted by Crippen LogP contribution is -2.19. The first-order valence-electron chi connectivity index (χ1n) is 6.75. The van der Waals surface area contributed by atoms with Gasteiger partial charge in [0.05, 0.1) is 24.8 Å². The van der Waals surface area contributed by atoms with Gasteiger partial charge in [-0.2, -0.15) is 5.10 Å². The van der Waals surface area contributed by atoms with Crippen molar-refractivity contribution in [2.24, 2.45) is 10.2 Å². The Labute approximate surface area is 137 Å². The molecule has 1 fully saturated rings. The first kappa shape index (κ1) is 16.8. The lowest BCUT2D eigenvalue weighted by molar-refractivity contribution is -0.135. The van der Waals surface area contributed by atoms with E-state index in [1.54, 1.807) is 6.21 Å². The fourth-order valence-corrected chi connectivity index (χ4v) is 2.34. The fraction of sp³-hybridized carbons (Fsp3) is 0.200. The predicted octanol–water partition coefficient (Wildman–Crippen LogP) is 1.70. The number of benzene rings is 1. The number of methoxy groups -OCH3 is 1. The number of hydrogen-bond donors (Lipinski definition) is 1. The van der Waals surface area contributed by atoms with Crippen molar-refractivity contribution in [3.05, 3.63) is 40.8 Å². The van der Waals surface area contributed by atoms with Gasteiger partial charge in [0.1, 0.15) is 5.75 Å². The molecule has 2 rings (SSSR count). The molecule has 8 heteroatoms. The Bertz CT molecular complexity index is 680. The van der Waals surface area contributed by atoms with E-state index < -0.39 is 11.9 Å². The highest BCUT2D eigenvalue weighted by Crippen LogP contribution is 2.23. The number of carbonyl (C=O) groups is 2. The average Bonchev–Trinajstić information content (AvgIpc) is 2.89. The average molecular weight is 333 g/mol. The number of esters is 1. The zero-order valence-corrected chi connectivity index (χ0v) is 13.4. The summed E-state index contributed by atoms with van der Waals surface area (Å²) in [5, 5.41) is 10.6. The molecule has 0 radical (unpaired) electrons. The molecule has 1 aliphatic rings. The van der Waals surface area contributed by atoms with E-state index in [2.05, 4.69) is 20.3 Å². The minimum atomic E-state index is -0.596. The molecule has 0 atom stereocenters. The van der Waals surface area contributed by atoms with Gasteiger partial charge in [-0.3, -0.25) is 10.1 Å². The number of carbonyl (C=O) groups excluding carboxylic acids is 2. The molecule has 0 saturated carbocycles. The second-order valence-corrected chi connectivity index (χ2v) is 5.27. The largest absolute Gasteiger partial charge is 0.494 e. The lowest BCUT2D eigenvalue weighted by atomic mass is 10.2. The van der Waals surface area contributed by atoms with Crippen LogP contribution in [0, 0.1) is 0 Å². The van der Waals surface area contributed by atoms with Crippen LogP contribution in [-0.2, 0) is 14.3 Å². The molecule has 0 spiro atoms. The SMILES string of the molecule is CCOc1ccc(C=N/N=C2/NC(=O)/C(=C\C(=O)OC)S2)cc1. The summed E-state index contributed by atoms with van der Waals surface area (Å²) in [6, 6.07) is 7.36. The third kappa shape index (κ3) is 4.96. The first-order valence-corrected chi connectivity index (χ1v) is 7.56. The molecule has 1 aliphatic heterocycles. The van der Waals surface area contributed by atoms with E-state index in [1.165, 1.54) is 7.11 Å². The van der Waals surface area contributed by atoms with E-state index in [0.717, 1.165) is 29.2 Å². The van der Waals surface area contributed by atoms with Crippen LogP contribution in [0.3, 0.4) is 0 Å². The molecule has 23 heavy (non-hydrogen) atoms. The van der Waals surface area contributed by atoms with Crippen LogP contribution in [0.15, 0.2) is 45.4 Å². The normalized spacial score (nSPS) is 17.7. The van der Waals surface area contributed by atoms with Gasteiger partial charge in [-0.15, -0.1) is 5.10 Å². The number of hydrogen-bond acceptors (Lipinski definition) is 7. The topological polar surface area (TPSA) is 89.4 Å². The van der Waals surface area contributed by atoms with Crippen molar-refractivity contribution >= 4 is 35.0 Å². The van der Waals surface area contributed by atoms with Crippen LogP contribution in [0.5, 0.6) is 5.75 Å². The summed E-state index contributed by atoms with van der Waals surface area (Å²) >= 11 is 1.02. The van der Waals surface area contributed by atoms with Crippen molar-refractivity contribution in [2.45, 2.75) is 6.92 Å². The summed E-state index contributed by atoms with van der Waals surface area (Å²) in [6.07, 6.45) is 2.66. The molecule has 0 unspecified atom stereocenters. The molecule has 1 saturated heterocycles. The Kier molecular flexibility index (Phi) is 5.93. The van der Waals surface area contributed by atoms with Crippen LogP contribution in [0.25, 0.3) is 0 Å². The van der Waals surface area contributed by atoms with Crippen molar-refractivity contribution < 1.29 is 19.1 Å². The van der Waals surface area contributed by atoms with Crippen LogP contribution >= 0.6 is 11.8 Å². The van der Waals surface area contributed by atoms with E-state index in [-0.39, 0.29) is 4.91 Å². The van der Waals surface area contributed by atoms with E-state index in [1.807, 2.05) is 31.2 Å². The number of nitrogens with zero attached hydrogens (tertiary/aromatic N) is 2. The van der Waals surface area contributed by atoms with Crippen molar-refractivity contribution in [3.8, 4) is 5.75 Å². The molecule has 0 aromatic heterocycles. The van der Waals surface area contributed by atoms with E-state index in [9.17, 15) is 9.59 Å². The molecule has 1 heterocycles. The highest BCUT2D eigenvalue weighted by molar-refractivity contribution is 8.18. The Balaban J connectivity index is 1.99. The monoisotopic (exact) mass is 333 g/mol. The molecule has 1 aromatic rings. The quantitative estimate of drug-likeness (QED) is 0.383. The van der Waals surface area contributed by atoms with Crippen LogP contribution in [0.4, 0.5) is 0 Å². The standard InChI is InChI=1S/C15H15N3O4S/c1-3-22-11-6-4-10(5-7-11)9-16-18-15-17-14(20)12(23-15)8-13(19)21-2/h4-9H,3H2,1-2H3,(H,17,18,20)/b12-8+,16-9?. The summed E-state index contributed by atoms with van der Waals surface area (Å²) in [5.41, 5.74) is 0.845. The van der Waals surface area contributed by atoms with Gasteiger partial charge in [-0.05, 0) is 48.5 Å². The van der Waals surface area contributed by atoms with Crippen molar-refractivity contribution in [3.63, 3.8) is 0 Å². The fourth-order valence-electron chi connectivity index (χ4n) is 1.61. The number of amides is 1. The van der Waals surface area contributed by atoms with Crippen LogP contribution < -0.4 is 10.1 Å². The zero-order chi connectivity index (χ0) is 16.7. The molecule has 1 amide bonds. The van der Waals surface area contributed by atoms with Gasteiger partial charge < -0.3 is 9.47 Å². The van der Waals surface area contributed by atoms with Gasteiger partial charge >= 0.3 is 5.97 Å². The molecule has 120 valence electrons. The molecule has 7 nitrogen and oxygen atoms in total. The molecular weight excluding hydrogens is 318 g/mol. The molecule has 0 aliphatic carbocycles. The minimum Gasteiger partial charge on any atom is -0.494 e. The molecule has 1 aromatic carbocycles. The van der Waals surface area contributed by atoms with Gasteiger partial charge in [-0.1, -0.05) is 0 Å². The molecular formula is C15H15N3O4S. The number of nitrogens with one attached hydrogen (secondary N) is 1. The predicted molar refractivity (Wildman–Crippen MR) is 88.5 cm³/mol. The van der Waals surface area contributed by atoms with Crippen molar-refractivity contribution in [1.82, 2.24) is 5.32 Å². The van der Waals surface area contributed by atoms with Gasteiger partial charge in [0.25, 0.3) is 5.91 Å². The summed E-state index contributed by atoms with van der Waals surface area (Å²) in [7, 11) is 1.24. The minimum absolute atomic E-state index is 0.215. The highest BCUT2D eigenvalue weighted by Gasteiger charge is 2.24. The Hall–Kier alpha value is -2.61. The van der Waals surface area contributed by atoms with Crippen LogP contribution in [0.2, 0.25) is 0 Å². The van der Waals surface area contributed by atoms with Crippen molar-refractivity contribution in [2.75, 3.05) is 13.7 Å². The summed E-state index contributed by atoms with van der Waals surface area (Å²) < 4.78 is 9.82. The summed E-state index contributed by atoms with van der Waals surface area (Å²) in [4.78, 5) is 22.9. The second-order valence-electron chi connectivity index (χ2n) is 4.24. The van der Waals surface area contributed by atoms with E-state index in [4.69, 9.17) is 4.74 Å². The lowest BCUT2D eigenvalue weighted by Gasteiger charge is -2.01. The maximum absolute atomic E-state index is 11.6. The number of rotatable bonds is 5. The smallest absolute Gasteiger partial charge is 0.331 e. The van der Waals surface area contributed by atoms with Gasteiger partial charge in [0.15, 0.2) is 5.17 Å².